The molecular formula is C35H65O10P. The zero-order valence-corrected chi connectivity index (χ0v) is 29.7. The number of phosphoric acid groups is 1. The van der Waals surface area contributed by atoms with E-state index in [0.717, 1.165) is 64.2 Å². The SMILES string of the molecule is CCCCC/C=C\C/C=C\CCCCCCCCCC(=O)OC(COC(=O)CCCCCCCC)COP(=O)(O)OCC(O)CO. The van der Waals surface area contributed by atoms with Crippen LogP contribution >= 0.6 is 7.82 Å². The van der Waals surface area contributed by atoms with Crippen molar-refractivity contribution in [2.75, 3.05) is 26.4 Å². The summed E-state index contributed by atoms with van der Waals surface area (Å²) in [6.07, 6.45) is 27.5. The molecule has 0 heterocycles. The Labute approximate surface area is 278 Å². The van der Waals surface area contributed by atoms with Gasteiger partial charge < -0.3 is 24.6 Å². The van der Waals surface area contributed by atoms with Crippen LogP contribution in [0.3, 0.4) is 0 Å². The predicted octanol–water partition coefficient (Wildman–Crippen LogP) is 8.27. The number of hydrogen-bond acceptors (Lipinski definition) is 9. The van der Waals surface area contributed by atoms with E-state index in [2.05, 4.69) is 42.7 Å². The van der Waals surface area contributed by atoms with Gasteiger partial charge in [-0.25, -0.2) is 4.57 Å². The molecule has 0 fully saturated rings. The van der Waals surface area contributed by atoms with Gasteiger partial charge in [-0.1, -0.05) is 115 Å². The van der Waals surface area contributed by atoms with E-state index in [9.17, 15) is 24.2 Å². The number of rotatable bonds is 33. The van der Waals surface area contributed by atoms with Gasteiger partial charge in [0, 0.05) is 12.8 Å². The summed E-state index contributed by atoms with van der Waals surface area (Å²) in [5, 5.41) is 18.2. The molecule has 270 valence electrons. The fourth-order valence-electron chi connectivity index (χ4n) is 4.55. The van der Waals surface area contributed by atoms with Crippen LogP contribution in [0.5, 0.6) is 0 Å². The highest BCUT2D eigenvalue weighted by Gasteiger charge is 2.27. The van der Waals surface area contributed by atoms with Gasteiger partial charge in [-0.2, -0.15) is 0 Å². The van der Waals surface area contributed by atoms with Crippen molar-refractivity contribution in [3.8, 4) is 0 Å². The van der Waals surface area contributed by atoms with E-state index in [0.29, 0.717) is 12.8 Å². The molecule has 0 aliphatic heterocycles. The number of hydrogen-bond donors (Lipinski definition) is 3. The third-order valence-electron chi connectivity index (χ3n) is 7.36. The second-order valence-corrected chi connectivity index (χ2v) is 13.4. The van der Waals surface area contributed by atoms with E-state index in [1.165, 1.54) is 44.9 Å². The number of phosphoric ester groups is 1. The molecular weight excluding hydrogens is 611 g/mol. The average Bonchev–Trinajstić information content (AvgIpc) is 3.04. The number of esters is 2. The average molecular weight is 677 g/mol. The topological polar surface area (TPSA) is 149 Å². The van der Waals surface area contributed by atoms with Gasteiger partial charge in [-0.15, -0.1) is 0 Å². The molecule has 0 saturated carbocycles. The van der Waals surface area contributed by atoms with Crippen molar-refractivity contribution in [2.45, 2.75) is 161 Å². The first-order valence-electron chi connectivity index (χ1n) is 17.8. The Bertz CT molecular complexity index is 832. The van der Waals surface area contributed by atoms with Crippen molar-refractivity contribution in [3.63, 3.8) is 0 Å². The standard InChI is InChI=1S/C35H65O10P/c1-3-5-7-9-11-12-13-14-15-16-17-18-19-20-21-23-25-27-35(39)45-33(31-44-46(40,41)43-29-32(37)28-36)30-42-34(38)26-24-22-10-8-6-4-2/h11-12,14-15,32-33,36-37H,3-10,13,16-31H2,1-2H3,(H,40,41)/b12-11-,15-14-. The molecule has 0 aromatic heterocycles. The first-order valence-corrected chi connectivity index (χ1v) is 19.3. The predicted molar refractivity (Wildman–Crippen MR) is 182 cm³/mol. The molecule has 11 heteroatoms. The van der Waals surface area contributed by atoms with Gasteiger partial charge in [-0.05, 0) is 44.9 Å². The lowest BCUT2D eigenvalue weighted by molar-refractivity contribution is -0.161. The van der Waals surface area contributed by atoms with Crippen molar-refractivity contribution >= 4 is 19.8 Å². The Kier molecular flexibility index (Phi) is 30.9. The second kappa shape index (κ2) is 32.0. The lowest BCUT2D eigenvalue weighted by Gasteiger charge is -2.20. The van der Waals surface area contributed by atoms with E-state index in [1.54, 1.807) is 0 Å². The molecule has 3 atom stereocenters. The molecule has 0 aromatic carbocycles. The zero-order valence-electron chi connectivity index (χ0n) is 28.8. The van der Waals surface area contributed by atoms with Gasteiger partial charge in [0.15, 0.2) is 6.10 Å². The van der Waals surface area contributed by atoms with Crippen LogP contribution in [0.15, 0.2) is 24.3 Å². The van der Waals surface area contributed by atoms with Gasteiger partial charge in [0.1, 0.15) is 12.7 Å². The number of aliphatic hydroxyl groups is 2. The van der Waals surface area contributed by atoms with E-state index < -0.39 is 51.8 Å². The molecule has 46 heavy (non-hydrogen) atoms. The number of ether oxygens (including phenoxy) is 2. The molecule has 10 nitrogen and oxygen atoms in total. The van der Waals surface area contributed by atoms with Crippen molar-refractivity contribution in [1.29, 1.82) is 0 Å². The smallest absolute Gasteiger partial charge is 0.462 e. The molecule has 0 saturated heterocycles. The minimum atomic E-state index is -4.60. The molecule has 0 aromatic rings. The molecule has 0 aliphatic carbocycles. The van der Waals surface area contributed by atoms with Gasteiger partial charge in [-0.3, -0.25) is 18.6 Å². The highest BCUT2D eigenvalue weighted by molar-refractivity contribution is 7.47. The maximum Gasteiger partial charge on any atom is 0.472 e. The fraction of sp³-hybridized carbons (Fsp3) is 0.829. The van der Waals surface area contributed by atoms with E-state index in [-0.39, 0.29) is 19.4 Å². The summed E-state index contributed by atoms with van der Waals surface area (Å²) in [6.45, 7) is 2.25. The normalized spacial score (nSPS) is 14.5. The third kappa shape index (κ3) is 31.1. The first-order chi connectivity index (χ1) is 22.2. The number of unbranched alkanes of at least 4 members (excludes halogenated alkanes) is 15. The molecule has 0 rings (SSSR count). The Hall–Kier alpha value is -1.55. The molecule has 0 spiro atoms. The monoisotopic (exact) mass is 676 g/mol. The second-order valence-electron chi connectivity index (χ2n) is 11.9. The molecule has 3 unspecified atom stereocenters. The summed E-state index contributed by atoms with van der Waals surface area (Å²) in [7, 11) is -4.60. The van der Waals surface area contributed by atoms with Gasteiger partial charge in [0.25, 0.3) is 0 Å². The zero-order chi connectivity index (χ0) is 34.1. The van der Waals surface area contributed by atoms with Crippen LogP contribution in [0.25, 0.3) is 0 Å². The van der Waals surface area contributed by atoms with E-state index in [1.807, 2.05) is 0 Å². The van der Waals surface area contributed by atoms with Crippen molar-refractivity contribution < 1.29 is 47.8 Å². The number of carbonyl (C=O) groups excluding carboxylic acids is 2. The Morgan fingerprint density at radius 3 is 1.72 bits per heavy atom. The maximum absolute atomic E-state index is 12.5. The number of aliphatic hydroxyl groups excluding tert-OH is 2. The number of allylic oxidation sites excluding steroid dienone is 4. The summed E-state index contributed by atoms with van der Waals surface area (Å²) in [5.41, 5.74) is 0. The summed E-state index contributed by atoms with van der Waals surface area (Å²) in [5.74, 6) is -0.944. The van der Waals surface area contributed by atoms with Crippen LogP contribution in [0, 0.1) is 0 Å². The van der Waals surface area contributed by atoms with Crippen LogP contribution < -0.4 is 0 Å². The number of carbonyl (C=O) groups is 2. The lowest BCUT2D eigenvalue weighted by Crippen LogP contribution is -2.29. The van der Waals surface area contributed by atoms with E-state index in [4.69, 9.17) is 19.1 Å². The molecule has 0 radical (unpaired) electrons. The fourth-order valence-corrected chi connectivity index (χ4v) is 5.34. The lowest BCUT2D eigenvalue weighted by atomic mass is 10.1. The quantitative estimate of drug-likeness (QED) is 0.0268. The molecule has 0 bridgehead atoms. The summed E-state index contributed by atoms with van der Waals surface area (Å²) >= 11 is 0. The van der Waals surface area contributed by atoms with Crippen LogP contribution in [0.1, 0.15) is 149 Å². The van der Waals surface area contributed by atoms with E-state index >= 15 is 0 Å². The highest BCUT2D eigenvalue weighted by Crippen LogP contribution is 2.43. The van der Waals surface area contributed by atoms with Crippen molar-refractivity contribution in [2.24, 2.45) is 0 Å². The largest absolute Gasteiger partial charge is 0.472 e. The summed E-state index contributed by atoms with van der Waals surface area (Å²) in [4.78, 5) is 34.5. The van der Waals surface area contributed by atoms with Gasteiger partial charge >= 0.3 is 19.8 Å². The van der Waals surface area contributed by atoms with Gasteiger partial charge in [0.2, 0.25) is 0 Å². The summed E-state index contributed by atoms with van der Waals surface area (Å²) in [6, 6.07) is 0. The first kappa shape index (κ1) is 44.5. The van der Waals surface area contributed by atoms with Crippen molar-refractivity contribution in [1.82, 2.24) is 0 Å². The van der Waals surface area contributed by atoms with Crippen LogP contribution in [0.2, 0.25) is 0 Å². The van der Waals surface area contributed by atoms with Crippen molar-refractivity contribution in [3.05, 3.63) is 24.3 Å². The highest BCUT2D eigenvalue weighted by atomic mass is 31.2. The molecule has 0 aliphatic rings. The summed E-state index contributed by atoms with van der Waals surface area (Å²) < 4.78 is 32.4. The Morgan fingerprint density at radius 2 is 1.13 bits per heavy atom. The Morgan fingerprint density at radius 1 is 0.652 bits per heavy atom. The third-order valence-corrected chi connectivity index (χ3v) is 8.31. The molecule has 0 amide bonds. The van der Waals surface area contributed by atoms with Crippen LogP contribution in [0.4, 0.5) is 0 Å². The molecule has 3 N–H and O–H groups in total. The minimum Gasteiger partial charge on any atom is -0.462 e. The maximum atomic E-state index is 12.5. The van der Waals surface area contributed by atoms with Gasteiger partial charge in [0.05, 0.1) is 19.8 Å². The van der Waals surface area contributed by atoms with Crippen LogP contribution in [-0.4, -0.2) is 65.7 Å². The Balaban J connectivity index is 4.31. The minimum absolute atomic E-state index is 0.177. The van der Waals surface area contributed by atoms with Crippen LogP contribution in [-0.2, 0) is 32.7 Å².